The summed E-state index contributed by atoms with van der Waals surface area (Å²) in [6.45, 7) is 2.48. The van der Waals surface area contributed by atoms with Crippen molar-refractivity contribution in [3.05, 3.63) is 30.1 Å². The molecule has 0 spiro atoms. The highest BCUT2D eigenvalue weighted by Crippen LogP contribution is 2.31. The second-order valence-corrected chi connectivity index (χ2v) is 4.45. The highest BCUT2D eigenvalue weighted by atomic mass is 16.5. The van der Waals surface area contributed by atoms with Gasteiger partial charge in [-0.05, 0) is 31.5 Å². The maximum absolute atomic E-state index is 10.6. The molecule has 0 amide bonds. The summed E-state index contributed by atoms with van der Waals surface area (Å²) in [5.74, 6) is 1.17. The Morgan fingerprint density at radius 2 is 2.19 bits per heavy atom. The number of nitrogens with one attached hydrogen (secondary N) is 1. The van der Waals surface area contributed by atoms with Crippen LogP contribution in [0.1, 0.15) is 19.0 Å². The Balaban J connectivity index is 2.19. The minimum atomic E-state index is -0.825. The molecule has 6 nitrogen and oxygen atoms in total. The molecule has 0 radical (unpaired) electrons. The number of hydrogen-bond acceptors (Lipinski definition) is 4. The molecule has 0 aliphatic heterocycles. The van der Waals surface area contributed by atoms with E-state index in [9.17, 15) is 4.79 Å². The number of aromatic amines is 1. The third kappa shape index (κ3) is 3.75. The van der Waals surface area contributed by atoms with Crippen molar-refractivity contribution in [2.75, 3.05) is 13.7 Å². The van der Waals surface area contributed by atoms with Crippen LogP contribution < -0.4 is 9.47 Å². The normalized spacial score (nSPS) is 10.4. The molecule has 1 aromatic heterocycles. The molecule has 0 fully saturated rings. The van der Waals surface area contributed by atoms with E-state index in [2.05, 4.69) is 9.97 Å². The van der Waals surface area contributed by atoms with E-state index in [1.165, 1.54) is 0 Å². The van der Waals surface area contributed by atoms with Crippen molar-refractivity contribution in [1.82, 2.24) is 9.97 Å². The molecule has 2 N–H and O–H groups in total. The molecule has 1 heterocycles. The van der Waals surface area contributed by atoms with Crippen LogP contribution in [0, 0.1) is 0 Å². The predicted octanol–water partition coefficient (Wildman–Crippen LogP) is 2.50. The van der Waals surface area contributed by atoms with Gasteiger partial charge in [-0.15, -0.1) is 0 Å². The fourth-order valence-corrected chi connectivity index (χ4v) is 1.96. The van der Waals surface area contributed by atoms with Crippen LogP contribution >= 0.6 is 0 Å². The van der Waals surface area contributed by atoms with Gasteiger partial charge >= 0.3 is 5.97 Å². The molecule has 1 aromatic carbocycles. The summed E-state index contributed by atoms with van der Waals surface area (Å²) >= 11 is 0. The minimum absolute atomic E-state index is 0.0776. The number of aromatic nitrogens is 2. The Hall–Kier alpha value is -2.50. The van der Waals surface area contributed by atoms with Crippen molar-refractivity contribution in [2.45, 2.75) is 19.8 Å². The highest BCUT2D eigenvalue weighted by molar-refractivity contribution is 5.67. The van der Waals surface area contributed by atoms with E-state index in [0.717, 1.165) is 11.3 Å². The smallest absolute Gasteiger partial charge is 0.303 e. The van der Waals surface area contributed by atoms with Crippen molar-refractivity contribution in [3.63, 3.8) is 0 Å². The van der Waals surface area contributed by atoms with Crippen LogP contribution in [0.2, 0.25) is 0 Å². The van der Waals surface area contributed by atoms with Crippen LogP contribution in [0.5, 0.6) is 11.5 Å². The zero-order valence-corrected chi connectivity index (χ0v) is 12.0. The first-order valence-corrected chi connectivity index (χ1v) is 6.71. The molecular weight excluding hydrogens is 272 g/mol. The summed E-state index contributed by atoms with van der Waals surface area (Å²) in [5, 5.41) is 8.68. The number of carbonyl (C=O) groups is 1. The maximum Gasteiger partial charge on any atom is 0.303 e. The van der Waals surface area contributed by atoms with Gasteiger partial charge in [0, 0.05) is 17.5 Å². The molecule has 21 heavy (non-hydrogen) atoms. The lowest BCUT2D eigenvalue weighted by molar-refractivity contribution is -0.136. The summed E-state index contributed by atoms with van der Waals surface area (Å²) in [5.41, 5.74) is 1.65. The maximum atomic E-state index is 10.6. The SMILES string of the molecule is CCOc1ccc(-c2ncc(CCC(=O)O)[nH]2)cc1OC. The summed E-state index contributed by atoms with van der Waals surface area (Å²) in [6.07, 6.45) is 2.16. The van der Waals surface area contributed by atoms with Gasteiger partial charge in [-0.1, -0.05) is 0 Å². The first kappa shape index (κ1) is 14.9. The lowest BCUT2D eigenvalue weighted by Gasteiger charge is -2.10. The molecule has 0 unspecified atom stereocenters. The number of imidazole rings is 1. The Morgan fingerprint density at radius 1 is 1.38 bits per heavy atom. The third-order valence-electron chi connectivity index (χ3n) is 2.97. The molecule has 0 saturated heterocycles. The van der Waals surface area contributed by atoms with Crippen LogP contribution in [-0.2, 0) is 11.2 Å². The number of rotatable bonds is 7. The molecular formula is C15H18N2O4. The first-order chi connectivity index (χ1) is 10.1. The van der Waals surface area contributed by atoms with E-state index in [0.29, 0.717) is 30.4 Å². The van der Waals surface area contributed by atoms with E-state index < -0.39 is 5.97 Å². The predicted molar refractivity (Wildman–Crippen MR) is 77.7 cm³/mol. The van der Waals surface area contributed by atoms with Gasteiger partial charge in [0.15, 0.2) is 11.5 Å². The number of methoxy groups -OCH3 is 1. The van der Waals surface area contributed by atoms with E-state index >= 15 is 0 Å². The molecule has 2 aromatic rings. The van der Waals surface area contributed by atoms with Crippen molar-refractivity contribution < 1.29 is 19.4 Å². The average Bonchev–Trinajstić information content (AvgIpc) is 2.94. The monoisotopic (exact) mass is 290 g/mol. The van der Waals surface area contributed by atoms with Crippen LogP contribution in [0.3, 0.4) is 0 Å². The third-order valence-corrected chi connectivity index (χ3v) is 2.97. The Bertz CT molecular complexity index is 622. The van der Waals surface area contributed by atoms with Gasteiger partial charge in [0.2, 0.25) is 0 Å². The highest BCUT2D eigenvalue weighted by Gasteiger charge is 2.10. The van der Waals surface area contributed by atoms with Gasteiger partial charge in [-0.2, -0.15) is 0 Å². The largest absolute Gasteiger partial charge is 0.493 e. The quantitative estimate of drug-likeness (QED) is 0.818. The van der Waals surface area contributed by atoms with Crippen molar-refractivity contribution >= 4 is 5.97 Å². The number of aliphatic carboxylic acids is 1. The van der Waals surface area contributed by atoms with Crippen LogP contribution in [-0.4, -0.2) is 34.8 Å². The van der Waals surface area contributed by atoms with Gasteiger partial charge in [0.25, 0.3) is 0 Å². The van der Waals surface area contributed by atoms with E-state index in [1.54, 1.807) is 13.3 Å². The second-order valence-electron chi connectivity index (χ2n) is 4.45. The van der Waals surface area contributed by atoms with Crippen LogP contribution in [0.4, 0.5) is 0 Å². The molecule has 0 aliphatic rings. The molecule has 0 atom stereocenters. The number of ether oxygens (including phenoxy) is 2. The number of carboxylic acids is 1. The Kier molecular flexibility index (Phi) is 4.81. The van der Waals surface area contributed by atoms with Crippen molar-refractivity contribution in [3.8, 4) is 22.9 Å². The number of benzene rings is 1. The number of hydrogen-bond donors (Lipinski definition) is 2. The van der Waals surface area contributed by atoms with Gasteiger partial charge in [-0.3, -0.25) is 4.79 Å². The summed E-state index contributed by atoms with van der Waals surface area (Å²) in [7, 11) is 1.59. The number of nitrogens with zero attached hydrogens (tertiary/aromatic N) is 1. The standard InChI is InChI=1S/C15H18N2O4/c1-3-21-12-6-4-10(8-13(12)20-2)15-16-9-11(17-15)5-7-14(18)19/h4,6,8-9H,3,5,7H2,1-2H3,(H,16,17)(H,18,19). The molecule has 112 valence electrons. The Morgan fingerprint density at radius 3 is 2.86 bits per heavy atom. The molecule has 0 saturated carbocycles. The molecule has 2 rings (SSSR count). The summed E-state index contributed by atoms with van der Waals surface area (Å²) < 4.78 is 10.8. The average molecular weight is 290 g/mol. The van der Waals surface area contributed by atoms with E-state index in [1.807, 2.05) is 25.1 Å². The lowest BCUT2D eigenvalue weighted by Crippen LogP contribution is -1.97. The fourth-order valence-electron chi connectivity index (χ4n) is 1.96. The Labute approximate surface area is 122 Å². The lowest BCUT2D eigenvalue weighted by atomic mass is 10.2. The van der Waals surface area contributed by atoms with Crippen LogP contribution in [0.15, 0.2) is 24.4 Å². The van der Waals surface area contributed by atoms with E-state index in [4.69, 9.17) is 14.6 Å². The van der Waals surface area contributed by atoms with Gasteiger partial charge in [0.05, 0.1) is 20.1 Å². The van der Waals surface area contributed by atoms with Crippen LogP contribution in [0.25, 0.3) is 11.4 Å². The van der Waals surface area contributed by atoms with E-state index in [-0.39, 0.29) is 6.42 Å². The van der Waals surface area contributed by atoms with Gasteiger partial charge < -0.3 is 19.6 Å². The number of carboxylic acid groups (broad SMARTS) is 1. The molecule has 0 aliphatic carbocycles. The summed E-state index contributed by atoms with van der Waals surface area (Å²) in [6, 6.07) is 5.55. The van der Waals surface area contributed by atoms with Crippen molar-refractivity contribution in [1.29, 1.82) is 0 Å². The summed E-state index contributed by atoms with van der Waals surface area (Å²) in [4.78, 5) is 18.0. The molecule has 0 bridgehead atoms. The topological polar surface area (TPSA) is 84.4 Å². The van der Waals surface area contributed by atoms with Gasteiger partial charge in [-0.25, -0.2) is 4.98 Å². The zero-order valence-electron chi connectivity index (χ0n) is 12.0. The van der Waals surface area contributed by atoms with Gasteiger partial charge in [0.1, 0.15) is 5.82 Å². The minimum Gasteiger partial charge on any atom is -0.493 e. The fraction of sp³-hybridized carbons (Fsp3) is 0.333. The number of aryl methyl sites for hydroxylation is 1. The zero-order chi connectivity index (χ0) is 15.2. The van der Waals surface area contributed by atoms with Crippen molar-refractivity contribution in [2.24, 2.45) is 0 Å². The number of H-pyrrole nitrogens is 1. The molecule has 6 heteroatoms. The second kappa shape index (κ2) is 6.78. The first-order valence-electron chi connectivity index (χ1n) is 6.71.